The van der Waals surface area contributed by atoms with Crippen molar-refractivity contribution in [2.45, 2.75) is 52.4 Å². The summed E-state index contributed by atoms with van der Waals surface area (Å²) < 4.78 is 0. The number of allylic oxidation sites excluding steroid dienone is 3. The van der Waals surface area contributed by atoms with E-state index in [1.165, 1.54) is 45.1 Å². The van der Waals surface area contributed by atoms with Crippen molar-refractivity contribution in [2.75, 3.05) is 13.1 Å². The van der Waals surface area contributed by atoms with Gasteiger partial charge in [-0.05, 0) is 73.7 Å². The van der Waals surface area contributed by atoms with Gasteiger partial charge in [0.25, 0.3) is 0 Å². The molecule has 0 radical (unpaired) electrons. The lowest BCUT2D eigenvalue weighted by atomic mass is 9.49. The molecular weight excluding hydrogens is 242 g/mol. The van der Waals surface area contributed by atoms with E-state index in [0.717, 1.165) is 24.3 Å². The van der Waals surface area contributed by atoms with Crippen molar-refractivity contribution in [1.29, 1.82) is 0 Å². The third kappa shape index (κ3) is 1.71. The van der Waals surface area contributed by atoms with Gasteiger partial charge in [0.05, 0.1) is 0 Å². The van der Waals surface area contributed by atoms with E-state index >= 15 is 0 Å². The first-order valence-electron chi connectivity index (χ1n) is 8.71. The molecule has 1 heterocycles. The van der Waals surface area contributed by atoms with Gasteiger partial charge in [-0.1, -0.05) is 37.6 Å². The third-order valence-electron chi connectivity index (χ3n) is 7.32. The molecule has 4 aliphatic rings. The van der Waals surface area contributed by atoms with Crippen molar-refractivity contribution >= 4 is 0 Å². The van der Waals surface area contributed by atoms with Gasteiger partial charge in [-0.25, -0.2) is 0 Å². The highest BCUT2D eigenvalue weighted by Crippen LogP contribution is 2.61. The lowest BCUT2D eigenvalue weighted by molar-refractivity contribution is -0.00562. The highest BCUT2D eigenvalue weighted by Gasteiger charge is 2.53. The molecule has 1 aliphatic heterocycles. The molecule has 0 amide bonds. The van der Waals surface area contributed by atoms with E-state index in [1.807, 2.05) is 0 Å². The third-order valence-corrected chi connectivity index (χ3v) is 7.32. The maximum absolute atomic E-state index is 3.64. The van der Waals surface area contributed by atoms with Crippen LogP contribution < -0.4 is 5.32 Å². The minimum absolute atomic E-state index is 0.496. The molecule has 0 spiro atoms. The zero-order valence-corrected chi connectivity index (χ0v) is 13.1. The Labute approximate surface area is 123 Å². The minimum Gasteiger partial charge on any atom is -0.313 e. The second-order valence-corrected chi connectivity index (χ2v) is 8.22. The summed E-state index contributed by atoms with van der Waals surface area (Å²) in [6.45, 7) is 7.48. The molecule has 0 aromatic carbocycles. The quantitative estimate of drug-likeness (QED) is 0.647. The molecule has 5 unspecified atom stereocenters. The van der Waals surface area contributed by atoms with E-state index in [2.05, 4.69) is 37.4 Å². The lowest BCUT2D eigenvalue weighted by Crippen LogP contribution is -2.48. The first-order valence-corrected chi connectivity index (χ1v) is 8.71. The molecule has 1 nitrogen and oxygen atoms in total. The second-order valence-electron chi connectivity index (χ2n) is 8.22. The van der Waals surface area contributed by atoms with Crippen LogP contribution in [0, 0.1) is 28.6 Å². The van der Waals surface area contributed by atoms with Gasteiger partial charge < -0.3 is 5.32 Å². The Hall–Kier alpha value is -0.560. The predicted molar refractivity (Wildman–Crippen MR) is 84.5 cm³/mol. The number of hydrogen-bond acceptors (Lipinski definition) is 1. The van der Waals surface area contributed by atoms with Gasteiger partial charge in [0.1, 0.15) is 0 Å². The van der Waals surface area contributed by atoms with Crippen LogP contribution in [0.1, 0.15) is 52.4 Å². The van der Waals surface area contributed by atoms with E-state index in [0.29, 0.717) is 10.8 Å². The Morgan fingerprint density at radius 3 is 2.95 bits per heavy atom. The largest absolute Gasteiger partial charge is 0.313 e. The zero-order valence-electron chi connectivity index (χ0n) is 13.1. The Morgan fingerprint density at radius 2 is 2.05 bits per heavy atom. The van der Waals surface area contributed by atoms with Gasteiger partial charge in [-0.15, -0.1) is 0 Å². The molecule has 1 heteroatoms. The maximum atomic E-state index is 3.64. The molecule has 5 atom stereocenters. The fourth-order valence-electron chi connectivity index (χ4n) is 6.06. The molecule has 0 aromatic heterocycles. The first-order chi connectivity index (χ1) is 9.63. The molecule has 20 heavy (non-hydrogen) atoms. The Morgan fingerprint density at radius 1 is 1.15 bits per heavy atom. The van der Waals surface area contributed by atoms with Gasteiger partial charge in [-0.3, -0.25) is 0 Å². The molecular formula is C19H29N. The van der Waals surface area contributed by atoms with Gasteiger partial charge >= 0.3 is 0 Å². The molecule has 0 bridgehead atoms. The van der Waals surface area contributed by atoms with Crippen molar-refractivity contribution in [3.63, 3.8) is 0 Å². The van der Waals surface area contributed by atoms with Crippen LogP contribution in [0.3, 0.4) is 0 Å². The zero-order chi connectivity index (χ0) is 13.8. The number of hydrogen-bond donors (Lipinski definition) is 1. The second kappa shape index (κ2) is 4.47. The van der Waals surface area contributed by atoms with Gasteiger partial charge in [0.15, 0.2) is 0 Å². The van der Waals surface area contributed by atoms with Gasteiger partial charge in [0.2, 0.25) is 0 Å². The van der Waals surface area contributed by atoms with E-state index < -0.39 is 0 Å². The summed E-state index contributed by atoms with van der Waals surface area (Å²) in [4.78, 5) is 0. The number of rotatable bonds is 0. The van der Waals surface area contributed by atoms with Crippen LogP contribution in [-0.2, 0) is 0 Å². The van der Waals surface area contributed by atoms with E-state index in [1.54, 1.807) is 5.57 Å². The van der Waals surface area contributed by atoms with Crippen LogP contribution in [0.2, 0.25) is 0 Å². The normalized spacial score (nSPS) is 50.7. The maximum Gasteiger partial charge on any atom is 0.0170 e. The number of fused-ring (bicyclic) bond motifs is 5. The molecule has 0 aromatic rings. The van der Waals surface area contributed by atoms with Crippen molar-refractivity contribution in [2.24, 2.45) is 28.6 Å². The van der Waals surface area contributed by atoms with Crippen LogP contribution in [0.5, 0.6) is 0 Å². The Kier molecular flexibility index (Phi) is 2.93. The SMILES string of the molecule is CC12C=CCC1C1CC=C3CNCCCC3(C)C1CC2. The fraction of sp³-hybridized carbons (Fsp3) is 0.789. The summed E-state index contributed by atoms with van der Waals surface area (Å²) in [5, 5.41) is 3.64. The highest BCUT2D eigenvalue weighted by molar-refractivity contribution is 5.26. The van der Waals surface area contributed by atoms with Crippen LogP contribution in [-0.4, -0.2) is 13.1 Å². The standard InChI is InChI=1S/C19H29N/c1-18-9-3-5-16(18)15-7-6-14-13-20-12-4-10-19(14,2)17(15)8-11-18/h3,6,9,15-17,20H,4-5,7-8,10-13H2,1-2H3. The monoisotopic (exact) mass is 271 g/mol. The van der Waals surface area contributed by atoms with Crippen molar-refractivity contribution in [3.05, 3.63) is 23.8 Å². The smallest absolute Gasteiger partial charge is 0.0170 e. The van der Waals surface area contributed by atoms with Crippen LogP contribution >= 0.6 is 0 Å². The summed E-state index contributed by atoms with van der Waals surface area (Å²) in [5.74, 6) is 2.81. The summed E-state index contributed by atoms with van der Waals surface area (Å²) in [5.41, 5.74) is 2.76. The lowest BCUT2D eigenvalue weighted by Gasteiger charge is -2.55. The van der Waals surface area contributed by atoms with E-state index in [4.69, 9.17) is 0 Å². The van der Waals surface area contributed by atoms with Crippen LogP contribution in [0.15, 0.2) is 23.8 Å². The molecule has 2 fully saturated rings. The number of nitrogens with one attached hydrogen (secondary N) is 1. The van der Waals surface area contributed by atoms with Crippen LogP contribution in [0.4, 0.5) is 0 Å². The van der Waals surface area contributed by atoms with Crippen molar-refractivity contribution in [1.82, 2.24) is 5.32 Å². The Balaban J connectivity index is 1.70. The average Bonchev–Trinajstić information content (AvgIpc) is 2.71. The molecule has 4 rings (SSSR count). The van der Waals surface area contributed by atoms with E-state index in [9.17, 15) is 0 Å². The molecule has 110 valence electrons. The molecule has 1 N–H and O–H groups in total. The fourth-order valence-corrected chi connectivity index (χ4v) is 6.06. The van der Waals surface area contributed by atoms with Gasteiger partial charge in [0, 0.05) is 6.54 Å². The highest BCUT2D eigenvalue weighted by atomic mass is 14.9. The molecule has 1 saturated carbocycles. The first kappa shape index (κ1) is 13.1. The van der Waals surface area contributed by atoms with Crippen molar-refractivity contribution < 1.29 is 0 Å². The van der Waals surface area contributed by atoms with Crippen LogP contribution in [0.25, 0.3) is 0 Å². The summed E-state index contributed by atoms with van der Waals surface area (Å²) in [6, 6.07) is 0. The Bertz CT molecular complexity index is 462. The summed E-state index contributed by atoms with van der Waals surface area (Å²) in [7, 11) is 0. The predicted octanol–water partition coefficient (Wildman–Crippen LogP) is 4.31. The topological polar surface area (TPSA) is 12.0 Å². The van der Waals surface area contributed by atoms with Gasteiger partial charge in [-0.2, -0.15) is 0 Å². The average molecular weight is 271 g/mol. The summed E-state index contributed by atoms with van der Waals surface area (Å²) >= 11 is 0. The summed E-state index contributed by atoms with van der Waals surface area (Å²) in [6.07, 6.45) is 16.0. The molecule has 1 saturated heterocycles. The minimum atomic E-state index is 0.496. The molecule has 3 aliphatic carbocycles. The van der Waals surface area contributed by atoms with E-state index in [-0.39, 0.29) is 0 Å². The van der Waals surface area contributed by atoms with Crippen molar-refractivity contribution in [3.8, 4) is 0 Å².